The molecule has 0 bridgehead atoms. The van der Waals surface area contributed by atoms with Gasteiger partial charge in [-0.1, -0.05) is 23.4 Å². The smallest absolute Gasteiger partial charge is 0.230 e. The summed E-state index contributed by atoms with van der Waals surface area (Å²) >= 11 is 7.49. The first-order valence-electron chi connectivity index (χ1n) is 10.1. The highest BCUT2D eigenvalue weighted by molar-refractivity contribution is 7.99. The van der Waals surface area contributed by atoms with Crippen LogP contribution < -0.4 is 15.1 Å². The molecule has 1 saturated heterocycles. The van der Waals surface area contributed by atoms with Crippen LogP contribution in [0.1, 0.15) is 46.5 Å². The van der Waals surface area contributed by atoms with E-state index in [0.717, 1.165) is 51.4 Å². The average molecular weight is 415 g/mol. The summed E-state index contributed by atoms with van der Waals surface area (Å²) in [5, 5.41) is 4.08. The molecule has 1 aromatic rings. The number of nitrogens with zero attached hydrogens (tertiary/aromatic N) is 3. The quantitative estimate of drug-likeness (QED) is 0.329. The monoisotopic (exact) mass is 414 g/mol. The fraction of sp³-hybridized carbons (Fsp3) is 0.737. The lowest BCUT2D eigenvalue weighted by Gasteiger charge is -2.18. The predicted molar refractivity (Wildman–Crippen MR) is 113 cm³/mol. The van der Waals surface area contributed by atoms with Crippen molar-refractivity contribution < 1.29 is 9.69 Å². The molecule has 0 radical (unpaired) electrons. The standard InChI is InChI=1S/C19H32ClN5OS/c1-4-24(5-2)10-8-9-15(3)21-18(26)14-27-19-22-16(20)13-17(23-19)25-11-6-7-12-25/h13,15H,4-12,14H2,1-3H3,(H,21,26)/p+1/t15-/m1/s1. The third kappa shape index (κ3) is 7.84. The Labute approximate surface area is 172 Å². The zero-order valence-electron chi connectivity index (χ0n) is 16.8. The molecule has 152 valence electrons. The second kappa shape index (κ2) is 11.7. The molecule has 0 aromatic carbocycles. The summed E-state index contributed by atoms with van der Waals surface area (Å²) in [5.41, 5.74) is 0. The summed E-state index contributed by atoms with van der Waals surface area (Å²) in [6.07, 6.45) is 4.50. The van der Waals surface area contributed by atoms with E-state index in [1.807, 2.05) is 0 Å². The number of rotatable bonds is 11. The maximum absolute atomic E-state index is 12.2. The van der Waals surface area contributed by atoms with E-state index in [2.05, 4.69) is 41.0 Å². The van der Waals surface area contributed by atoms with Crippen LogP contribution in [0.25, 0.3) is 0 Å². The van der Waals surface area contributed by atoms with Crippen LogP contribution in [-0.2, 0) is 4.79 Å². The molecule has 1 aromatic heterocycles. The summed E-state index contributed by atoms with van der Waals surface area (Å²) in [5.74, 6) is 1.20. The molecule has 1 fully saturated rings. The van der Waals surface area contributed by atoms with Crippen molar-refractivity contribution in [1.82, 2.24) is 15.3 Å². The van der Waals surface area contributed by atoms with Gasteiger partial charge in [0.1, 0.15) is 11.0 Å². The third-order valence-corrected chi connectivity index (χ3v) is 6.04. The highest BCUT2D eigenvalue weighted by Gasteiger charge is 2.16. The molecular weight excluding hydrogens is 382 g/mol. The Morgan fingerprint density at radius 3 is 2.70 bits per heavy atom. The van der Waals surface area contributed by atoms with Crippen LogP contribution in [-0.4, -0.2) is 60.4 Å². The normalized spacial score (nSPS) is 15.4. The van der Waals surface area contributed by atoms with Crippen LogP contribution in [0.4, 0.5) is 5.82 Å². The zero-order chi connectivity index (χ0) is 19.6. The second-order valence-corrected chi connectivity index (χ2v) is 8.46. The van der Waals surface area contributed by atoms with Crippen LogP contribution in [0, 0.1) is 0 Å². The second-order valence-electron chi connectivity index (χ2n) is 7.13. The Bertz CT molecular complexity index is 593. The van der Waals surface area contributed by atoms with Crippen molar-refractivity contribution in [3.05, 3.63) is 11.2 Å². The fourth-order valence-electron chi connectivity index (χ4n) is 3.34. The Morgan fingerprint density at radius 2 is 2.04 bits per heavy atom. The van der Waals surface area contributed by atoms with Gasteiger partial charge in [0.25, 0.3) is 0 Å². The van der Waals surface area contributed by atoms with Gasteiger partial charge in [0.2, 0.25) is 5.91 Å². The van der Waals surface area contributed by atoms with Gasteiger partial charge in [-0.25, -0.2) is 9.97 Å². The lowest BCUT2D eigenvalue weighted by Crippen LogP contribution is -3.11. The van der Waals surface area contributed by atoms with Crippen LogP contribution >= 0.6 is 23.4 Å². The first-order chi connectivity index (χ1) is 13.0. The summed E-state index contributed by atoms with van der Waals surface area (Å²) in [7, 11) is 0. The highest BCUT2D eigenvalue weighted by Crippen LogP contribution is 2.24. The van der Waals surface area contributed by atoms with Crippen molar-refractivity contribution in [2.24, 2.45) is 0 Å². The van der Waals surface area contributed by atoms with Gasteiger partial charge in [-0.2, -0.15) is 0 Å². The SMILES string of the molecule is CC[NH+](CC)CCC[C@@H](C)NC(=O)CSc1nc(Cl)cc(N2CCCC2)n1. The molecule has 2 N–H and O–H groups in total. The minimum atomic E-state index is 0.0222. The molecule has 0 unspecified atom stereocenters. The van der Waals surface area contributed by atoms with Gasteiger partial charge in [-0.05, 0) is 46.5 Å². The lowest BCUT2D eigenvalue weighted by molar-refractivity contribution is -0.896. The molecule has 6 nitrogen and oxygen atoms in total. The van der Waals surface area contributed by atoms with Gasteiger partial charge >= 0.3 is 0 Å². The summed E-state index contributed by atoms with van der Waals surface area (Å²) in [6.45, 7) is 12.0. The number of quaternary nitrogens is 1. The maximum Gasteiger partial charge on any atom is 0.230 e. The van der Waals surface area contributed by atoms with E-state index >= 15 is 0 Å². The first kappa shape index (κ1) is 22.2. The van der Waals surface area contributed by atoms with Crippen LogP contribution in [0.2, 0.25) is 5.15 Å². The number of thioether (sulfide) groups is 1. The van der Waals surface area contributed by atoms with E-state index < -0.39 is 0 Å². The van der Waals surface area contributed by atoms with Gasteiger partial charge in [-0.3, -0.25) is 4.79 Å². The first-order valence-corrected chi connectivity index (χ1v) is 11.4. The van der Waals surface area contributed by atoms with E-state index in [1.54, 1.807) is 11.0 Å². The lowest BCUT2D eigenvalue weighted by atomic mass is 10.2. The highest BCUT2D eigenvalue weighted by atomic mass is 35.5. The number of carbonyl (C=O) groups excluding carboxylic acids is 1. The molecule has 2 heterocycles. The largest absolute Gasteiger partial charge is 0.356 e. The summed E-state index contributed by atoms with van der Waals surface area (Å²) in [6, 6.07) is 1.99. The minimum Gasteiger partial charge on any atom is -0.356 e. The Balaban J connectivity index is 1.74. The number of nitrogens with one attached hydrogen (secondary N) is 2. The minimum absolute atomic E-state index is 0.0222. The summed E-state index contributed by atoms with van der Waals surface area (Å²) in [4.78, 5) is 24.9. The number of amides is 1. The van der Waals surface area contributed by atoms with Crippen molar-refractivity contribution in [1.29, 1.82) is 0 Å². The van der Waals surface area contributed by atoms with Gasteiger partial charge < -0.3 is 15.1 Å². The molecular formula is C19H33ClN5OS+. The van der Waals surface area contributed by atoms with E-state index in [4.69, 9.17) is 11.6 Å². The molecule has 2 rings (SSSR count). The molecule has 0 spiro atoms. The fourth-order valence-corrected chi connectivity index (χ4v) is 4.23. The van der Waals surface area contributed by atoms with E-state index in [-0.39, 0.29) is 11.9 Å². The number of anilines is 1. The van der Waals surface area contributed by atoms with Crippen LogP contribution in [0.3, 0.4) is 0 Å². The molecule has 1 aliphatic heterocycles. The van der Waals surface area contributed by atoms with Crippen molar-refractivity contribution in [3.63, 3.8) is 0 Å². The maximum atomic E-state index is 12.2. The van der Waals surface area contributed by atoms with Crippen molar-refractivity contribution in [2.75, 3.05) is 43.4 Å². The van der Waals surface area contributed by atoms with Crippen molar-refractivity contribution in [3.8, 4) is 0 Å². The number of hydrogen-bond acceptors (Lipinski definition) is 5. The van der Waals surface area contributed by atoms with Gasteiger partial charge in [0.05, 0.1) is 25.4 Å². The van der Waals surface area contributed by atoms with Crippen LogP contribution in [0.5, 0.6) is 0 Å². The topological polar surface area (TPSA) is 62.6 Å². The number of halogens is 1. The van der Waals surface area contributed by atoms with Crippen molar-refractivity contribution >= 4 is 35.1 Å². The zero-order valence-corrected chi connectivity index (χ0v) is 18.3. The summed E-state index contributed by atoms with van der Waals surface area (Å²) < 4.78 is 0. The molecule has 1 atom stereocenters. The molecule has 0 aliphatic carbocycles. The average Bonchev–Trinajstić information content (AvgIpc) is 3.18. The number of hydrogen-bond donors (Lipinski definition) is 2. The number of carbonyl (C=O) groups is 1. The Morgan fingerprint density at radius 1 is 1.33 bits per heavy atom. The van der Waals surface area contributed by atoms with Gasteiger partial charge in [-0.15, -0.1) is 0 Å². The predicted octanol–water partition coefficient (Wildman–Crippen LogP) is 2.03. The van der Waals surface area contributed by atoms with E-state index in [1.165, 1.54) is 24.6 Å². The molecule has 1 amide bonds. The van der Waals surface area contributed by atoms with E-state index in [9.17, 15) is 4.79 Å². The molecule has 8 heteroatoms. The third-order valence-electron chi connectivity index (χ3n) is 5.00. The Kier molecular flexibility index (Phi) is 9.65. The van der Waals surface area contributed by atoms with Gasteiger partial charge in [0, 0.05) is 25.2 Å². The van der Waals surface area contributed by atoms with Crippen LogP contribution in [0.15, 0.2) is 11.2 Å². The van der Waals surface area contributed by atoms with E-state index in [0.29, 0.717) is 16.1 Å². The number of aromatic nitrogens is 2. The van der Waals surface area contributed by atoms with Crippen molar-refractivity contribution in [2.45, 2.75) is 57.7 Å². The van der Waals surface area contributed by atoms with Gasteiger partial charge in [0.15, 0.2) is 5.16 Å². The molecule has 1 aliphatic rings. The molecule has 0 saturated carbocycles. The molecule has 27 heavy (non-hydrogen) atoms. The Hall–Kier alpha value is -1.05.